The van der Waals surface area contributed by atoms with Crippen LogP contribution in [0, 0.1) is 0 Å². The number of rotatable bonds is 8. The maximum atomic E-state index is 11.5. The molecule has 0 saturated carbocycles. The Morgan fingerprint density at radius 2 is 1.95 bits per heavy atom. The molecule has 0 bridgehead atoms. The fourth-order valence-electron chi connectivity index (χ4n) is 1.99. The maximum Gasteiger partial charge on any atom is 0.307 e. The third-order valence-electron chi connectivity index (χ3n) is 3.06. The molecule has 0 spiro atoms. The van der Waals surface area contributed by atoms with Crippen molar-refractivity contribution in [2.75, 3.05) is 27.9 Å². The number of methoxy groups -OCH3 is 2. The van der Waals surface area contributed by atoms with Gasteiger partial charge in [0.15, 0.2) is 11.5 Å². The lowest BCUT2D eigenvalue weighted by molar-refractivity contribution is -0.143. The Morgan fingerprint density at radius 1 is 1.25 bits per heavy atom. The van der Waals surface area contributed by atoms with E-state index in [1.165, 1.54) is 0 Å². The summed E-state index contributed by atoms with van der Waals surface area (Å²) in [5.41, 5.74) is 1.08. The number of carbonyl (C=O) groups excluding carboxylic acids is 1. The van der Waals surface area contributed by atoms with E-state index in [0.717, 1.165) is 12.0 Å². The van der Waals surface area contributed by atoms with E-state index < -0.39 is 0 Å². The van der Waals surface area contributed by atoms with E-state index in [0.29, 0.717) is 24.5 Å². The summed E-state index contributed by atoms with van der Waals surface area (Å²) in [4.78, 5) is 11.5. The molecule has 0 aliphatic rings. The van der Waals surface area contributed by atoms with E-state index in [-0.39, 0.29) is 12.0 Å². The van der Waals surface area contributed by atoms with Crippen LogP contribution in [0.15, 0.2) is 18.2 Å². The van der Waals surface area contributed by atoms with Gasteiger partial charge in [0.1, 0.15) is 0 Å². The van der Waals surface area contributed by atoms with Crippen LogP contribution in [0.4, 0.5) is 0 Å². The standard InChI is InChI=1S/C15H23NO4/c1-5-20-15(17)10-12(16-2)8-11-6-7-13(18-3)14(9-11)19-4/h6-7,9,12,16H,5,8,10H2,1-4H3. The Labute approximate surface area is 120 Å². The van der Waals surface area contributed by atoms with E-state index in [9.17, 15) is 4.79 Å². The quantitative estimate of drug-likeness (QED) is 0.736. The molecule has 112 valence electrons. The summed E-state index contributed by atoms with van der Waals surface area (Å²) < 4.78 is 15.4. The smallest absolute Gasteiger partial charge is 0.307 e. The van der Waals surface area contributed by atoms with Crippen LogP contribution in [-0.4, -0.2) is 39.9 Å². The van der Waals surface area contributed by atoms with E-state index in [1.807, 2.05) is 25.2 Å². The second-order valence-electron chi connectivity index (χ2n) is 4.39. The maximum absolute atomic E-state index is 11.5. The number of ether oxygens (including phenoxy) is 3. The van der Waals surface area contributed by atoms with Crippen LogP contribution in [0.3, 0.4) is 0 Å². The largest absolute Gasteiger partial charge is 0.493 e. The van der Waals surface area contributed by atoms with Crippen LogP contribution < -0.4 is 14.8 Å². The molecule has 1 aromatic carbocycles. The third kappa shape index (κ3) is 4.74. The van der Waals surface area contributed by atoms with Gasteiger partial charge in [-0.2, -0.15) is 0 Å². The Balaban J connectivity index is 2.72. The highest BCUT2D eigenvalue weighted by atomic mass is 16.5. The van der Waals surface area contributed by atoms with Gasteiger partial charge in [-0.25, -0.2) is 0 Å². The molecule has 0 amide bonds. The van der Waals surface area contributed by atoms with Crippen molar-refractivity contribution in [2.24, 2.45) is 0 Å². The number of nitrogens with one attached hydrogen (secondary N) is 1. The van der Waals surface area contributed by atoms with Gasteiger partial charge in [-0.3, -0.25) is 4.79 Å². The van der Waals surface area contributed by atoms with Crippen LogP contribution in [0.2, 0.25) is 0 Å². The van der Waals surface area contributed by atoms with Crippen molar-refractivity contribution >= 4 is 5.97 Å². The Kier molecular flexibility index (Phi) is 6.87. The summed E-state index contributed by atoms with van der Waals surface area (Å²) >= 11 is 0. The van der Waals surface area contributed by atoms with Crippen molar-refractivity contribution in [1.29, 1.82) is 0 Å². The average Bonchev–Trinajstić information content (AvgIpc) is 2.46. The zero-order chi connectivity index (χ0) is 15.0. The molecule has 5 nitrogen and oxygen atoms in total. The van der Waals surface area contributed by atoms with Gasteiger partial charge in [0.05, 0.1) is 27.2 Å². The lowest BCUT2D eigenvalue weighted by atomic mass is 10.0. The Hall–Kier alpha value is -1.75. The molecule has 1 unspecified atom stereocenters. The van der Waals surface area contributed by atoms with Crippen molar-refractivity contribution < 1.29 is 19.0 Å². The number of likely N-dealkylation sites (N-methyl/N-ethyl adjacent to an activating group) is 1. The minimum absolute atomic E-state index is 0.0344. The second-order valence-corrected chi connectivity index (χ2v) is 4.39. The van der Waals surface area contributed by atoms with Gasteiger partial charge in [0, 0.05) is 6.04 Å². The molecular weight excluding hydrogens is 258 g/mol. The van der Waals surface area contributed by atoms with E-state index in [4.69, 9.17) is 14.2 Å². The summed E-state index contributed by atoms with van der Waals surface area (Å²) in [6.07, 6.45) is 1.06. The fourth-order valence-corrected chi connectivity index (χ4v) is 1.99. The van der Waals surface area contributed by atoms with Gasteiger partial charge in [-0.1, -0.05) is 6.07 Å². The predicted molar refractivity (Wildman–Crippen MR) is 77.3 cm³/mol. The first-order chi connectivity index (χ1) is 9.64. The van der Waals surface area contributed by atoms with Crippen molar-refractivity contribution in [3.8, 4) is 11.5 Å². The van der Waals surface area contributed by atoms with Crippen molar-refractivity contribution in [2.45, 2.75) is 25.8 Å². The first kappa shape index (κ1) is 16.3. The first-order valence-electron chi connectivity index (χ1n) is 6.68. The summed E-state index contributed by atoms with van der Waals surface area (Å²) in [5.74, 6) is 1.20. The number of carbonyl (C=O) groups is 1. The number of hydrogen-bond acceptors (Lipinski definition) is 5. The summed E-state index contributed by atoms with van der Waals surface area (Å²) in [6, 6.07) is 5.79. The lowest BCUT2D eigenvalue weighted by Crippen LogP contribution is -2.31. The number of hydrogen-bond donors (Lipinski definition) is 1. The fraction of sp³-hybridized carbons (Fsp3) is 0.533. The minimum Gasteiger partial charge on any atom is -0.493 e. The normalized spacial score (nSPS) is 11.8. The Bertz CT molecular complexity index is 434. The molecule has 0 fully saturated rings. The molecule has 1 N–H and O–H groups in total. The highest BCUT2D eigenvalue weighted by molar-refractivity contribution is 5.70. The molecule has 1 atom stereocenters. The summed E-state index contributed by atoms with van der Waals surface area (Å²) in [6.45, 7) is 2.21. The molecule has 0 radical (unpaired) electrons. The van der Waals surface area contributed by atoms with Crippen molar-refractivity contribution in [1.82, 2.24) is 5.32 Å². The van der Waals surface area contributed by atoms with Crippen LogP contribution in [0.25, 0.3) is 0 Å². The highest BCUT2D eigenvalue weighted by Crippen LogP contribution is 2.28. The van der Waals surface area contributed by atoms with Gasteiger partial charge in [0.25, 0.3) is 0 Å². The van der Waals surface area contributed by atoms with Crippen LogP contribution >= 0.6 is 0 Å². The van der Waals surface area contributed by atoms with Crippen molar-refractivity contribution in [3.05, 3.63) is 23.8 Å². The van der Waals surface area contributed by atoms with Gasteiger partial charge in [0.2, 0.25) is 0 Å². The molecule has 0 saturated heterocycles. The van der Waals surface area contributed by atoms with Crippen LogP contribution in [-0.2, 0) is 16.0 Å². The highest BCUT2D eigenvalue weighted by Gasteiger charge is 2.14. The van der Waals surface area contributed by atoms with E-state index >= 15 is 0 Å². The number of benzene rings is 1. The first-order valence-corrected chi connectivity index (χ1v) is 6.68. The SMILES string of the molecule is CCOC(=O)CC(Cc1ccc(OC)c(OC)c1)NC. The lowest BCUT2D eigenvalue weighted by Gasteiger charge is -2.16. The molecular formula is C15H23NO4. The van der Waals surface area contributed by atoms with E-state index in [1.54, 1.807) is 21.1 Å². The van der Waals surface area contributed by atoms with Gasteiger partial charge in [-0.05, 0) is 38.1 Å². The zero-order valence-electron chi connectivity index (χ0n) is 12.6. The van der Waals surface area contributed by atoms with Gasteiger partial charge >= 0.3 is 5.97 Å². The molecule has 1 aromatic rings. The molecule has 0 heterocycles. The average molecular weight is 281 g/mol. The van der Waals surface area contributed by atoms with Gasteiger partial charge in [-0.15, -0.1) is 0 Å². The predicted octanol–water partition coefficient (Wildman–Crippen LogP) is 1.79. The zero-order valence-corrected chi connectivity index (χ0v) is 12.6. The summed E-state index contributed by atoms with van der Waals surface area (Å²) in [7, 11) is 5.05. The van der Waals surface area contributed by atoms with Crippen molar-refractivity contribution in [3.63, 3.8) is 0 Å². The minimum atomic E-state index is -0.188. The topological polar surface area (TPSA) is 56.8 Å². The molecule has 0 aromatic heterocycles. The molecule has 1 rings (SSSR count). The Morgan fingerprint density at radius 3 is 2.50 bits per heavy atom. The van der Waals surface area contributed by atoms with Crippen LogP contribution in [0.5, 0.6) is 11.5 Å². The molecule has 0 aliphatic heterocycles. The molecule has 20 heavy (non-hydrogen) atoms. The van der Waals surface area contributed by atoms with Crippen LogP contribution in [0.1, 0.15) is 18.9 Å². The molecule has 0 aliphatic carbocycles. The monoisotopic (exact) mass is 281 g/mol. The van der Waals surface area contributed by atoms with E-state index in [2.05, 4.69) is 5.32 Å². The van der Waals surface area contributed by atoms with Gasteiger partial charge < -0.3 is 19.5 Å². The molecule has 5 heteroatoms. The third-order valence-corrected chi connectivity index (χ3v) is 3.06. The second kappa shape index (κ2) is 8.43. The number of esters is 1. The summed E-state index contributed by atoms with van der Waals surface area (Å²) in [5, 5.41) is 3.13.